The summed E-state index contributed by atoms with van der Waals surface area (Å²) in [6, 6.07) is 11.0. The molecule has 0 atom stereocenters. The monoisotopic (exact) mass is 426 g/mol. The minimum Gasteiger partial charge on any atom is -0.490 e. The third-order valence-corrected chi connectivity index (χ3v) is 6.15. The Balaban J connectivity index is 1.30. The molecule has 2 aromatic rings. The molecule has 1 aromatic carbocycles. The molecule has 3 heterocycles. The van der Waals surface area contributed by atoms with Gasteiger partial charge in [-0.3, -0.25) is 4.79 Å². The Morgan fingerprint density at radius 2 is 1.61 bits per heavy atom. The zero-order chi connectivity index (χ0) is 21.8. The molecule has 7 nitrogen and oxygen atoms in total. The first-order valence-corrected chi connectivity index (χ1v) is 11.0. The number of rotatable bonds is 5. The van der Waals surface area contributed by atoms with Crippen molar-refractivity contribution in [3.63, 3.8) is 0 Å². The van der Waals surface area contributed by atoms with Crippen LogP contribution in [-0.2, 0) is 4.74 Å². The van der Waals surface area contributed by atoms with Gasteiger partial charge in [-0.25, -0.2) is 4.79 Å². The van der Waals surface area contributed by atoms with Gasteiger partial charge in [-0.2, -0.15) is 0 Å². The second-order valence-corrected chi connectivity index (χ2v) is 8.30. The quantitative estimate of drug-likeness (QED) is 0.731. The summed E-state index contributed by atoms with van der Waals surface area (Å²) in [6.07, 6.45) is 3.87. The summed E-state index contributed by atoms with van der Waals surface area (Å²) in [4.78, 5) is 28.6. The molecule has 0 N–H and O–H groups in total. The van der Waals surface area contributed by atoms with Crippen molar-refractivity contribution in [1.82, 2.24) is 4.90 Å². The number of piperidine rings is 2. The van der Waals surface area contributed by atoms with Crippen molar-refractivity contribution in [2.24, 2.45) is 0 Å². The molecule has 31 heavy (non-hydrogen) atoms. The summed E-state index contributed by atoms with van der Waals surface area (Å²) in [5.41, 5.74) is 1.46. The van der Waals surface area contributed by atoms with Crippen LogP contribution >= 0.6 is 0 Å². The fourth-order valence-corrected chi connectivity index (χ4v) is 4.36. The highest BCUT2D eigenvalue weighted by Crippen LogP contribution is 2.23. The van der Waals surface area contributed by atoms with Crippen LogP contribution < -0.4 is 15.3 Å². The van der Waals surface area contributed by atoms with E-state index in [1.165, 1.54) is 6.07 Å². The minimum absolute atomic E-state index is 0.0114. The molecule has 0 unspecified atom stereocenters. The molecule has 0 bridgehead atoms. The van der Waals surface area contributed by atoms with Crippen molar-refractivity contribution < 1.29 is 18.7 Å². The predicted molar refractivity (Wildman–Crippen MR) is 118 cm³/mol. The molecule has 2 fully saturated rings. The summed E-state index contributed by atoms with van der Waals surface area (Å²) >= 11 is 0. The maximum atomic E-state index is 12.9. The van der Waals surface area contributed by atoms with E-state index < -0.39 is 5.63 Å². The number of carbonyl (C=O) groups is 1. The van der Waals surface area contributed by atoms with Gasteiger partial charge in [0.2, 0.25) is 0 Å². The van der Waals surface area contributed by atoms with Crippen LogP contribution in [0.2, 0.25) is 0 Å². The van der Waals surface area contributed by atoms with Crippen molar-refractivity contribution in [2.45, 2.75) is 44.8 Å². The van der Waals surface area contributed by atoms with E-state index in [2.05, 4.69) is 4.90 Å². The average molecular weight is 427 g/mol. The molecular weight excluding hydrogens is 396 g/mol. The lowest BCUT2D eigenvalue weighted by molar-refractivity contribution is 0.0594. The molecule has 0 radical (unpaired) electrons. The zero-order valence-corrected chi connectivity index (χ0v) is 18.2. The molecule has 2 saturated heterocycles. The molecule has 4 rings (SSSR count). The fourth-order valence-electron chi connectivity index (χ4n) is 4.36. The number of methoxy groups -OCH3 is 1. The first kappa shape index (κ1) is 21.4. The Kier molecular flexibility index (Phi) is 6.61. The average Bonchev–Trinajstić information content (AvgIpc) is 2.79. The second-order valence-electron chi connectivity index (χ2n) is 8.30. The van der Waals surface area contributed by atoms with Gasteiger partial charge in [0.25, 0.3) is 5.91 Å². The lowest BCUT2D eigenvalue weighted by Gasteiger charge is -2.33. The topological polar surface area (TPSA) is 72.2 Å². The van der Waals surface area contributed by atoms with Crippen molar-refractivity contribution in [3.05, 3.63) is 58.1 Å². The molecule has 0 aliphatic carbocycles. The van der Waals surface area contributed by atoms with Gasteiger partial charge in [0.1, 0.15) is 17.6 Å². The largest absolute Gasteiger partial charge is 0.490 e. The van der Waals surface area contributed by atoms with E-state index >= 15 is 0 Å². The van der Waals surface area contributed by atoms with Gasteiger partial charge in [-0.1, -0.05) is 0 Å². The third-order valence-electron chi connectivity index (χ3n) is 6.15. The number of benzene rings is 1. The standard InChI is InChI=1S/C24H30N2O5/c1-17-15-22(16-23(27)30-17)31-21-9-13-26(14-10-21)24(28)18-3-5-19(6-4-18)25-11-7-20(29-2)8-12-25/h3-6,15-16,20-21H,7-14H2,1-2H3. The second kappa shape index (κ2) is 9.56. The number of ether oxygens (including phenoxy) is 2. The Bertz CT molecular complexity index is 939. The molecule has 1 amide bonds. The van der Waals surface area contributed by atoms with Crippen LogP contribution in [-0.4, -0.2) is 56.3 Å². The lowest BCUT2D eigenvalue weighted by atomic mass is 10.0. The van der Waals surface area contributed by atoms with Gasteiger partial charge in [-0.05, 0) is 44.0 Å². The summed E-state index contributed by atoms with van der Waals surface area (Å²) in [5, 5.41) is 0. The van der Waals surface area contributed by atoms with Crippen LogP contribution in [0.4, 0.5) is 5.69 Å². The predicted octanol–water partition coefficient (Wildman–Crippen LogP) is 3.25. The molecule has 7 heteroatoms. The smallest absolute Gasteiger partial charge is 0.339 e. The number of hydrogen-bond acceptors (Lipinski definition) is 6. The van der Waals surface area contributed by atoms with Gasteiger partial charge >= 0.3 is 5.63 Å². The van der Waals surface area contributed by atoms with E-state index in [1.807, 2.05) is 29.2 Å². The number of nitrogens with zero attached hydrogens (tertiary/aromatic N) is 2. The van der Waals surface area contributed by atoms with Crippen LogP contribution in [0.25, 0.3) is 0 Å². The fraction of sp³-hybridized carbons (Fsp3) is 0.500. The van der Waals surface area contributed by atoms with Crippen LogP contribution in [0.3, 0.4) is 0 Å². The number of hydrogen-bond donors (Lipinski definition) is 0. The number of carbonyl (C=O) groups excluding carboxylic acids is 1. The van der Waals surface area contributed by atoms with E-state index in [0.29, 0.717) is 36.3 Å². The summed E-state index contributed by atoms with van der Waals surface area (Å²) < 4.78 is 16.3. The van der Waals surface area contributed by atoms with Crippen molar-refractivity contribution in [3.8, 4) is 5.75 Å². The van der Waals surface area contributed by atoms with Crippen LogP contribution in [0.5, 0.6) is 5.75 Å². The highest BCUT2D eigenvalue weighted by atomic mass is 16.5. The Hall–Kier alpha value is -2.80. The van der Waals surface area contributed by atoms with Crippen LogP contribution in [0.15, 0.2) is 45.6 Å². The highest BCUT2D eigenvalue weighted by Gasteiger charge is 2.25. The minimum atomic E-state index is -0.408. The first-order chi connectivity index (χ1) is 15.0. The molecule has 0 spiro atoms. The van der Waals surface area contributed by atoms with Crippen molar-refractivity contribution in [1.29, 1.82) is 0 Å². The lowest BCUT2D eigenvalue weighted by Crippen LogP contribution is -2.41. The van der Waals surface area contributed by atoms with Crippen molar-refractivity contribution in [2.75, 3.05) is 38.2 Å². The summed E-state index contributed by atoms with van der Waals surface area (Å²) in [6.45, 7) is 4.94. The van der Waals surface area contributed by atoms with Gasteiger partial charge in [0, 0.05) is 63.4 Å². The Morgan fingerprint density at radius 3 is 2.23 bits per heavy atom. The van der Waals surface area contributed by atoms with E-state index in [1.54, 1.807) is 20.1 Å². The summed E-state index contributed by atoms with van der Waals surface area (Å²) in [7, 11) is 1.77. The SMILES string of the molecule is COC1CCN(c2ccc(C(=O)N3CCC(Oc4cc(C)oc(=O)c4)CC3)cc2)CC1. The zero-order valence-electron chi connectivity index (χ0n) is 18.2. The first-order valence-electron chi connectivity index (χ1n) is 11.0. The number of anilines is 1. The number of aryl methyl sites for hydroxylation is 1. The van der Waals surface area contributed by atoms with Crippen LogP contribution in [0.1, 0.15) is 41.8 Å². The number of amides is 1. The molecule has 166 valence electrons. The summed E-state index contributed by atoms with van der Waals surface area (Å²) in [5.74, 6) is 1.12. The molecular formula is C24H30N2O5. The molecule has 2 aliphatic heterocycles. The maximum Gasteiger partial charge on any atom is 0.339 e. The highest BCUT2D eigenvalue weighted by molar-refractivity contribution is 5.94. The van der Waals surface area contributed by atoms with E-state index in [4.69, 9.17) is 13.9 Å². The molecule has 1 aromatic heterocycles. The van der Waals surface area contributed by atoms with E-state index in [9.17, 15) is 9.59 Å². The molecule has 0 saturated carbocycles. The van der Waals surface area contributed by atoms with Gasteiger partial charge < -0.3 is 23.7 Å². The van der Waals surface area contributed by atoms with Crippen molar-refractivity contribution >= 4 is 11.6 Å². The van der Waals surface area contributed by atoms with E-state index in [-0.39, 0.29) is 12.0 Å². The molecule has 2 aliphatic rings. The van der Waals surface area contributed by atoms with Gasteiger partial charge in [0.05, 0.1) is 12.2 Å². The van der Waals surface area contributed by atoms with E-state index in [0.717, 1.165) is 44.5 Å². The Labute approximate surface area is 182 Å². The third kappa shape index (κ3) is 5.28. The normalized spacial score (nSPS) is 18.3. The van der Waals surface area contributed by atoms with Crippen LogP contribution in [0, 0.1) is 6.92 Å². The number of likely N-dealkylation sites (tertiary alicyclic amines) is 1. The maximum absolute atomic E-state index is 12.9. The Morgan fingerprint density at radius 1 is 0.968 bits per heavy atom. The van der Waals surface area contributed by atoms with Gasteiger partial charge in [0.15, 0.2) is 0 Å². The van der Waals surface area contributed by atoms with Gasteiger partial charge in [-0.15, -0.1) is 0 Å².